The zero-order valence-electron chi connectivity index (χ0n) is 14.5. The number of hydrogen-bond acceptors (Lipinski definition) is 5. The predicted molar refractivity (Wildman–Crippen MR) is 102 cm³/mol. The lowest BCUT2D eigenvalue weighted by Crippen LogP contribution is -2.11. The molecule has 0 radical (unpaired) electrons. The monoisotopic (exact) mass is 374 g/mol. The average molecular weight is 375 g/mol. The molecule has 3 N–H and O–H groups in total. The summed E-state index contributed by atoms with van der Waals surface area (Å²) < 4.78 is 1.62. The number of aryl methyl sites for hydroxylation is 3. The zero-order chi connectivity index (χ0) is 17.5. The lowest BCUT2D eigenvalue weighted by molar-refractivity contribution is -0.119. The summed E-state index contributed by atoms with van der Waals surface area (Å²) >= 11 is 0. The summed E-state index contributed by atoms with van der Waals surface area (Å²) in [6, 6.07) is 10.0. The van der Waals surface area contributed by atoms with Gasteiger partial charge in [-0.3, -0.25) is 4.79 Å². The highest BCUT2D eigenvalue weighted by Crippen LogP contribution is 2.07. The first-order chi connectivity index (χ1) is 12.2. The molecule has 8 heteroatoms. The number of hydrogen-bond donors (Lipinski definition) is 2. The number of nitrogens with one attached hydrogen (secondary N) is 1. The third-order valence-electron chi connectivity index (χ3n) is 3.99. The van der Waals surface area contributed by atoms with Gasteiger partial charge in [-0.25, -0.2) is 9.67 Å². The minimum atomic E-state index is 0. The Labute approximate surface area is 158 Å². The summed E-state index contributed by atoms with van der Waals surface area (Å²) in [4.78, 5) is 19.1. The van der Waals surface area contributed by atoms with E-state index in [1.807, 2.05) is 36.5 Å². The number of nitrogens with two attached hydrogens (primary N) is 1. The van der Waals surface area contributed by atoms with E-state index in [1.54, 1.807) is 10.9 Å². The van der Waals surface area contributed by atoms with Crippen LogP contribution in [0.25, 0.3) is 0 Å². The van der Waals surface area contributed by atoms with Crippen molar-refractivity contribution in [1.29, 1.82) is 0 Å². The SMILES string of the molecule is Cl.Nc1ncc(CCCc2cn(CC(=O)CCc3ccccc3)nn2)[nH]1. The van der Waals surface area contributed by atoms with Crippen LogP contribution in [0.3, 0.4) is 0 Å². The maximum Gasteiger partial charge on any atom is 0.197 e. The Bertz CT molecular complexity index is 814. The number of Topliss-reactive ketones (excluding diaryl/α,β-unsaturated/α-hetero) is 1. The summed E-state index contributed by atoms with van der Waals surface area (Å²) in [7, 11) is 0. The molecule has 2 heterocycles. The van der Waals surface area contributed by atoms with Crippen molar-refractivity contribution < 1.29 is 4.79 Å². The molecule has 138 valence electrons. The predicted octanol–water partition coefficient (Wildman–Crippen LogP) is 2.38. The number of nitrogens with zero attached hydrogens (tertiary/aromatic N) is 4. The van der Waals surface area contributed by atoms with E-state index in [4.69, 9.17) is 5.73 Å². The summed E-state index contributed by atoms with van der Waals surface area (Å²) in [6.07, 6.45) is 7.45. The van der Waals surface area contributed by atoms with Gasteiger partial charge in [0.2, 0.25) is 0 Å². The molecule has 0 saturated heterocycles. The molecule has 0 aliphatic carbocycles. The molecule has 0 aliphatic rings. The largest absolute Gasteiger partial charge is 0.369 e. The van der Waals surface area contributed by atoms with Gasteiger partial charge in [0, 0.05) is 18.3 Å². The summed E-state index contributed by atoms with van der Waals surface area (Å²) in [5.41, 5.74) is 8.63. The second-order valence-electron chi connectivity index (χ2n) is 6.08. The number of nitrogen functional groups attached to an aromatic ring is 1. The van der Waals surface area contributed by atoms with E-state index in [0.29, 0.717) is 12.4 Å². The fraction of sp³-hybridized carbons (Fsp3) is 0.333. The van der Waals surface area contributed by atoms with Crippen LogP contribution in [0.1, 0.15) is 29.8 Å². The van der Waals surface area contributed by atoms with Crippen molar-refractivity contribution in [2.45, 2.75) is 38.6 Å². The standard InChI is InChI=1S/C18H22N6O.ClH/c19-18-20-11-15(21-18)7-4-8-16-12-24(23-22-16)13-17(25)10-9-14-5-2-1-3-6-14;/h1-3,5-6,11-12H,4,7-10,13H2,(H3,19,20,21);1H. The van der Waals surface area contributed by atoms with Gasteiger partial charge in [0.1, 0.15) is 6.54 Å². The van der Waals surface area contributed by atoms with Crippen LogP contribution < -0.4 is 5.73 Å². The van der Waals surface area contributed by atoms with Gasteiger partial charge in [0.15, 0.2) is 11.7 Å². The number of anilines is 1. The number of halogens is 1. The zero-order valence-corrected chi connectivity index (χ0v) is 15.3. The second-order valence-corrected chi connectivity index (χ2v) is 6.08. The van der Waals surface area contributed by atoms with Gasteiger partial charge in [-0.1, -0.05) is 35.5 Å². The van der Waals surface area contributed by atoms with Crippen molar-refractivity contribution >= 4 is 24.1 Å². The van der Waals surface area contributed by atoms with E-state index in [1.165, 1.54) is 5.56 Å². The lowest BCUT2D eigenvalue weighted by Gasteiger charge is -2.01. The first-order valence-corrected chi connectivity index (χ1v) is 8.43. The summed E-state index contributed by atoms with van der Waals surface area (Å²) in [6.45, 7) is 0.275. The lowest BCUT2D eigenvalue weighted by atomic mass is 10.1. The number of rotatable bonds is 9. The van der Waals surface area contributed by atoms with Gasteiger partial charge in [-0.2, -0.15) is 0 Å². The average Bonchev–Trinajstić information content (AvgIpc) is 3.23. The molecule has 3 aromatic rings. The number of imidazole rings is 1. The van der Waals surface area contributed by atoms with E-state index < -0.39 is 0 Å². The second kappa shape index (κ2) is 9.72. The molecule has 0 atom stereocenters. The van der Waals surface area contributed by atoms with Crippen molar-refractivity contribution in [3.8, 4) is 0 Å². The van der Waals surface area contributed by atoms with Gasteiger partial charge >= 0.3 is 0 Å². The fourth-order valence-corrected chi connectivity index (χ4v) is 2.68. The molecule has 0 fully saturated rings. The summed E-state index contributed by atoms with van der Waals surface area (Å²) in [5, 5.41) is 8.18. The Morgan fingerprint density at radius 1 is 1.15 bits per heavy atom. The number of benzene rings is 1. The minimum Gasteiger partial charge on any atom is -0.369 e. The molecular formula is C18H23ClN6O. The van der Waals surface area contributed by atoms with Crippen LogP contribution in [0.15, 0.2) is 42.7 Å². The van der Waals surface area contributed by atoms with Crippen molar-refractivity contribution in [1.82, 2.24) is 25.0 Å². The number of aromatic amines is 1. The smallest absolute Gasteiger partial charge is 0.197 e. The first kappa shape index (κ1) is 19.7. The number of aromatic nitrogens is 5. The topological polar surface area (TPSA) is 102 Å². The minimum absolute atomic E-state index is 0. The Morgan fingerprint density at radius 2 is 1.96 bits per heavy atom. The van der Waals surface area contributed by atoms with Gasteiger partial charge in [-0.15, -0.1) is 17.5 Å². The molecular weight excluding hydrogens is 352 g/mol. The molecule has 0 amide bonds. The van der Waals surface area contributed by atoms with Crippen molar-refractivity contribution in [3.63, 3.8) is 0 Å². The Kier molecular flexibility index (Phi) is 7.35. The number of carbonyl (C=O) groups is 1. The molecule has 0 saturated carbocycles. The van der Waals surface area contributed by atoms with E-state index in [0.717, 1.165) is 37.1 Å². The van der Waals surface area contributed by atoms with Crippen molar-refractivity contribution in [3.05, 3.63) is 59.7 Å². The van der Waals surface area contributed by atoms with Crippen molar-refractivity contribution in [2.75, 3.05) is 5.73 Å². The van der Waals surface area contributed by atoms with Gasteiger partial charge < -0.3 is 10.7 Å². The molecule has 26 heavy (non-hydrogen) atoms. The van der Waals surface area contributed by atoms with E-state index >= 15 is 0 Å². The van der Waals surface area contributed by atoms with Crippen LogP contribution in [0.5, 0.6) is 0 Å². The first-order valence-electron chi connectivity index (χ1n) is 8.43. The molecule has 1 aromatic carbocycles. The van der Waals surface area contributed by atoms with E-state index in [9.17, 15) is 4.79 Å². The van der Waals surface area contributed by atoms with Gasteiger partial charge in [0.25, 0.3) is 0 Å². The highest BCUT2D eigenvalue weighted by molar-refractivity contribution is 5.85. The Balaban J connectivity index is 0.00000243. The van der Waals surface area contributed by atoms with Crippen LogP contribution in [0.2, 0.25) is 0 Å². The van der Waals surface area contributed by atoms with Gasteiger partial charge in [0.05, 0.1) is 11.9 Å². The third-order valence-corrected chi connectivity index (χ3v) is 3.99. The Morgan fingerprint density at radius 3 is 2.69 bits per heavy atom. The third kappa shape index (κ3) is 6.00. The number of H-pyrrole nitrogens is 1. The van der Waals surface area contributed by atoms with Crippen LogP contribution in [0, 0.1) is 0 Å². The molecule has 0 bridgehead atoms. The molecule has 2 aromatic heterocycles. The number of ketones is 1. The fourth-order valence-electron chi connectivity index (χ4n) is 2.68. The molecule has 3 rings (SSSR count). The quantitative estimate of drug-likeness (QED) is 0.598. The van der Waals surface area contributed by atoms with Crippen LogP contribution in [0.4, 0.5) is 5.95 Å². The van der Waals surface area contributed by atoms with E-state index in [-0.39, 0.29) is 24.7 Å². The molecule has 0 spiro atoms. The Hall–Kier alpha value is -2.67. The van der Waals surface area contributed by atoms with Crippen LogP contribution in [-0.2, 0) is 30.6 Å². The van der Waals surface area contributed by atoms with Gasteiger partial charge in [-0.05, 0) is 31.2 Å². The van der Waals surface area contributed by atoms with Crippen LogP contribution in [-0.4, -0.2) is 30.7 Å². The molecule has 7 nitrogen and oxygen atoms in total. The summed E-state index contributed by atoms with van der Waals surface area (Å²) in [5.74, 6) is 0.600. The highest BCUT2D eigenvalue weighted by Gasteiger charge is 2.07. The number of carbonyl (C=O) groups excluding carboxylic acids is 1. The maximum absolute atomic E-state index is 12.1. The molecule has 0 unspecified atom stereocenters. The normalized spacial score (nSPS) is 10.5. The van der Waals surface area contributed by atoms with Crippen LogP contribution >= 0.6 is 12.4 Å². The highest BCUT2D eigenvalue weighted by atomic mass is 35.5. The van der Waals surface area contributed by atoms with Crippen molar-refractivity contribution in [2.24, 2.45) is 0 Å². The maximum atomic E-state index is 12.1. The molecule has 0 aliphatic heterocycles. The van der Waals surface area contributed by atoms with E-state index in [2.05, 4.69) is 20.3 Å².